The number of hydrogen-bond acceptors (Lipinski definition) is 6. The Balaban J connectivity index is 1.37. The van der Waals surface area contributed by atoms with Crippen LogP contribution in [0.15, 0.2) is 30.5 Å². The van der Waals surface area contributed by atoms with Crippen LogP contribution in [-0.2, 0) is 11.3 Å². The van der Waals surface area contributed by atoms with Crippen molar-refractivity contribution in [3.63, 3.8) is 0 Å². The summed E-state index contributed by atoms with van der Waals surface area (Å²) in [6, 6.07) is 6.61. The molecule has 3 heterocycles. The van der Waals surface area contributed by atoms with Crippen molar-refractivity contribution in [2.75, 3.05) is 26.2 Å². The maximum Gasteiger partial charge on any atom is 0.269 e. The van der Waals surface area contributed by atoms with Crippen molar-refractivity contribution in [2.45, 2.75) is 32.7 Å². The van der Waals surface area contributed by atoms with Gasteiger partial charge in [-0.2, -0.15) is 0 Å². The van der Waals surface area contributed by atoms with Gasteiger partial charge in [0.05, 0.1) is 16.3 Å². The number of carbonyl (C=O) groups excluding carboxylic acids is 1. The minimum absolute atomic E-state index is 0.0782. The molecule has 1 amide bonds. The zero-order valence-electron chi connectivity index (χ0n) is 17.5. The van der Waals surface area contributed by atoms with Crippen LogP contribution in [0.5, 0.6) is 0 Å². The maximum absolute atomic E-state index is 12.5. The van der Waals surface area contributed by atoms with Crippen molar-refractivity contribution >= 4 is 27.9 Å². The third-order valence-corrected chi connectivity index (χ3v) is 7.30. The van der Waals surface area contributed by atoms with Gasteiger partial charge in [0.15, 0.2) is 4.96 Å². The molecule has 8 nitrogen and oxygen atoms in total. The van der Waals surface area contributed by atoms with Gasteiger partial charge in [-0.15, -0.1) is 11.3 Å². The summed E-state index contributed by atoms with van der Waals surface area (Å²) < 4.78 is 2.14. The average Bonchev–Trinajstić information content (AvgIpc) is 3.24. The molecule has 162 valence electrons. The molecule has 9 heteroatoms. The number of amides is 1. The Hall–Kier alpha value is -2.78. The molecule has 0 radical (unpaired) electrons. The highest BCUT2D eigenvalue weighted by molar-refractivity contribution is 7.17. The van der Waals surface area contributed by atoms with Crippen molar-refractivity contribution < 1.29 is 9.72 Å². The van der Waals surface area contributed by atoms with E-state index >= 15 is 0 Å². The number of nitrogens with zero attached hydrogens (tertiary/aromatic N) is 5. The lowest BCUT2D eigenvalue weighted by atomic mass is 9.84. The number of aryl methyl sites for hydroxylation is 1. The van der Waals surface area contributed by atoms with Gasteiger partial charge < -0.3 is 4.90 Å². The molecule has 2 fully saturated rings. The number of non-ortho nitro benzene ring substituents is 1. The Kier molecular flexibility index (Phi) is 5.23. The molecule has 31 heavy (non-hydrogen) atoms. The van der Waals surface area contributed by atoms with E-state index in [4.69, 9.17) is 4.98 Å². The average molecular weight is 440 g/mol. The fourth-order valence-electron chi connectivity index (χ4n) is 4.38. The number of fused-ring (bicyclic) bond motifs is 1. The molecule has 1 aliphatic heterocycles. The summed E-state index contributed by atoms with van der Waals surface area (Å²) in [5.41, 5.74) is 2.92. The number of carbonyl (C=O) groups is 1. The molecule has 0 spiro atoms. The Morgan fingerprint density at radius 1 is 1.19 bits per heavy atom. The SMILES string of the molecule is Cc1cn2c(CN3CCN(C(=O)C4CCC4)CC3)c(-c3ccc([N+](=O)[O-])cc3)nc2s1. The van der Waals surface area contributed by atoms with E-state index in [1.165, 1.54) is 23.4 Å². The normalized spacial score (nSPS) is 17.8. The van der Waals surface area contributed by atoms with Crippen molar-refractivity contribution in [3.8, 4) is 11.3 Å². The standard InChI is InChI=1S/C22H25N5O3S/c1-15-13-26-19(14-24-9-11-25(12-10-24)21(28)17-3-2-4-17)20(23-22(26)31-15)16-5-7-18(8-6-16)27(29)30/h5-8,13,17H,2-4,9-12,14H2,1H3. The van der Waals surface area contributed by atoms with E-state index in [-0.39, 0.29) is 16.5 Å². The number of aromatic nitrogens is 2. The number of thiazole rings is 1. The number of hydrogen-bond donors (Lipinski definition) is 0. The summed E-state index contributed by atoms with van der Waals surface area (Å²) in [6.07, 6.45) is 5.37. The second-order valence-corrected chi connectivity index (χ2v) is 9.65. The molecular weight excluding hydrogens is 414 g/mol. The highest BCUT2D eigenvalue weighted by Gasteiger charge is 2.31. The van der Waals surface area contributed by atoms with E-state index in [0.717, 1.165) is 67.5 Å². The smallest absolute Gasteiger partial charge is 0.269 e. The van der Waals surface area contributed by atoms with Crippen molar-refractivity contribution in [2.24, 2.45) is 5.92 Å². The fourth-order valence-corrected chi connectivity index (χ4v) is 5.22. The maximum atomic E-state index is 12.5. The Labute approximate surface area is 184 Å². The molecule has 1 aromatic carbocycles. The van der Waals surface area contributed by atoms with E-state index in [9.17, 15) is 14.9 Å². The summed E-state index contributed by atoms with van der Waals surface area (Å²) in [6.45, 7) is 6.03. The lowest BCUT2D eigenvalue weighted by molar-refractivity contribution is -0.384. The lowest BCUT2D eigenvalue weighted by Crippen LogP contribution is -2.50. The van der Waals surface area contributed by atoms with Crippen LogP contribution in [0.25, 0.3) is 16.2 Å². The second kappa shape index (κ2) is 8.05. The summed E-state index contributed by atoms with van der Waals surface area (Å²) in [7, 11) is 0. The predicted molar refractivity (Wildman–Crippen MR) is 119 cm³/mol. The van der Waals surface area contributed by atoms with Crippen molar-refractivity contribution in [3.05, 3.63) is 51.1 Å². The molecule has 0 atom stereocenters. The Morgan fingerprint density at radius 2 is 1.90 bits per heavy atom. The highest BCUT2D eigenvalue weighted by Crippen LogP contribution is 2.31. The number of piperazine rings is 1. The predicted octanol–water partition coefficient (Wildman–Crippen LogP) is 3.72. The molecule has 3 aromatic rings. The Morgan fingerprint density at radius 3 is 2.52 bits per heavy atom. The molecule has 1 saturated carbocycles. The number of benzene rings is 1. The molecule has 5 rings (SSSR count). The highest BCUT2D eigenvalue weighted by atomic mass is 32.1. The third kappa shape index (κ3) is 3.83. The lowest BCUT2D eigenvalue weighted by Gasteiger charge is -2.38. The van der Waals surface area contributed by atoms with Gasteiger partial charge in [0.25, 0.3) is 5.69 Å². The minimum Gasteiger partial charge on any atom is -0.340 e. The van der Waals surface area contributed by atoms with Gasteiger partial charge in [0.2, 0.25) is 5.91 Å². The van der Waals surface area contributed by atoms with Crippen LogP contribution < -0.4 is 0 Å². The molecular formula is C22H25N5O3S. The number of nitro groups is 1. The van der Waals surface area contributed by atoms with Gasteiger partial charge in [-0.25, -0.2) is 4.98 Å². The van der Waals surface area contributed by atoms with Gasteiger partial charge >= 0.3 is 0 Å². The van der Waals surface area contributed by atoms with Crippen LogP contribution in [-0.4, -0.2) is 56.2 Å². The quantitative estimate of drug-likeness (QED) is 0.447. The van der Waals surface area contributed by atoms with E-state index in [1.54, 1.807) is 23.5 Å². The fraction of sp³-hybridized carbons (Fsp3) is 0.455. The van der Waals surface area contributed by atoms with Crippen molar-refractivity contribution in [1.82, 2.24) is 19.2 Å². The second-order valence-electron chi connectivity index (χ2n) is 8.43. The molecule has 2 aliphatic rings. The first kappa shape index (κ1) is 20.1. The van der Waals surface area contributed by atoms with Gasteiger partial charge in [-0.1, -0.05) is 6.42 Å². The Bertz CT molecular complexity index is 1120. The van der Waals surface area contributed by atoms with Crippen LogP contribution in [0.3, 0.4) is 0 Å². The van der Waals surface area contributed by atoms with E-state index in [0.29, 0.717) is 5.91 Å². The van der Waals surface area contributed by atoms with Crippen LogP contribution >= 0.6 is 11.3 Å². The largest absolute Gasteiger partial charge is 0.340 e. The zero-order valence-corrected chi connectivity index (χ0v) is 18.3. The van der Waals surface area contributed by atoms with Crippen LogP contribution in [0.1, 0.15) is 29.8 Å². The van der Waals surface area contributed by atoms with Gasteiger partial charge in [-0.05, 0) is 31.9 Å². The first-order valence-electron chi connectivity index (χ1n) is 10.7. The molecule has 1 saturated heterocycles. The zero-order chi connectivity index (χ0) is 21.5. The summed E-state index contributed by atoms with van der Waals surface area (Å²) in [4.78, 5) is 34.5. The van der Waals surface area contributed by atoms with E-state index in [2.05, 4.69) is 22.4 Å². The van der Waals surface area contributed by atoms with Gasteiger partial charge in [0, 0.05) is 67.4 Å². The molecule has 0 bridgehead atoms. The van der Waals surface area contributed by atoms with E-state index < -0.39 is 0 Å². The third-order valence-electron chi connectivity index (χ3n) is 6.40. The molecule has 0 unspecified atom stereocenters. The molecule has 2 aromatic heterocycles. The number of nitro benzene ring substituents is 1. The number of imidazole rings is 1. The minimum atomic E-state index is -0.385. The number of rotatable bonds is 5. The van der Waals surface area contributed by atoms with E-state index in [1.807, 2.05) is 4.90 Å². The van der Waals surface area contributed by atoms with Crippen LogP contribution in [0, 0.1) is 23.0 Å². The monoisotopic (exact) mass is 439 g/mol. The molecule has 1 aliphatic carbocycles. The van der Waals surface area contributed by atoms with Crippen LogP contribution in [0.4, 0.5) is 5.69 Å². The van der Waals surface area contributed by atoms with Crippen molar-refractivity contribution in [1.29, 1.82) is 0 Å². The van der Waals surface area contributed by atoms with Crippen LogP contribution in [0.2, 0.25) is 0 Å². The van der Waals surface area contributed by atoms with Gasteiger partial charge in [-0.3, -0.25) is 24.2 Å². The molecule has 0 N–H and O–H groups in total. The first-order chi connectivity index (χ1) is 15.0. The topological polar surface area (TPSA) is 84.0 Å². The summed E-state index contributed by atoms with van der Waals surface area (Å²) >= 11 is 1.64. The van der Waals surface area contributed by atoms with Gasteiger partial charge in [0.1, 0.15) is 0 Å². The summed E-state index contributed by atoms with van der Waals surface area (Å²) in [5, 5.41) is 11.0. The first-order valence-corrected chi connectivity index (χ1v) is 11.5. The summed E-state index contributed by atoms with van der Waals surface area (Å²) in [5.74, 6) is 0.584.